The van der Waals surface area contributed by atoms with Gasteiger partial charge in [-0.1, -0.05) is 19.3 Å². The van der Waals surface area contributed by atoms with Crippen molar-refractivity contribution in [2.45, 2.75) is 38.1 Å². The topological polar surface area (TPSA) is 87.6 Å². The van der Waals surface area contributed by atoms with Gasteiger partial charge in [-0.25, -0.2) is 0 Å². The molecule has 1 aliphatic carbocycles. The van der Waals surface area contributed by atoms with E-state index in [2.05, 4.69) is 0 Å². The minimum absolute atomic E-state index is 0.0346. The minimum atomic E-state index is -0.389. The molecule has 3 rings (SSSR count). The number of ether oxygens (including phenoxy) is 2. The first-order chi connectivity index (χ1) is 9.66. The third kappa shape index (κ3) is 2.31. The van der Waals surface area contributed by atoms with Crippen LogP contribution in [0, 0.1) is 16.0 Å². The van der Waals surface area contributed by atoms with Gasteiger partial charge in [-0.2, -0.15) is 0 Å². The van der Waals surface area contributed by atoms with Crippen LogP contribution in [0.4, 0.5) is 5.69 Å². The highest BCUT2D eigenvalue weighted by molar-refractivity contribution is 5.56. The van der Waals surface area contributed by atoms with Crippen LogP contribution in [-0.2, 0) is 0 Å². The van der Waals surface area contributed by atoms with Gasteiger partial charge in [-0.15, -0.1) is 0 Å². The average Bonchev–Trinajstić information content (AvgIpc) is 2.93. The Kier molecular flexibility index (Phi) is 3.48. The first-order valence-electron chi connectivity index (χ1n) is 7.00. The summed E-state index contributed by atoms with van der Waals surface area (Å²) in [7, 11) is 0. The zero-order chi connectivity index (χ0) is 14.1. The molecule has 6 heteroatoms. The van der Waals surface area contributed by atoms with Gasteiger partial charge >= 0.3 is 0 Å². The summed E-state index contributed by atoms with van der Waals surface area (Å²) in [4.78, 5) is 10.9. The maximum absolute atomic E-state index is 11.3. The molecular weight excluding hydrogens is 260 g/mol. The Labute approximate surface area is 117 Å². The highest BCUT2D eigenvalue weighted by atomic mass is 16.7. The van der Waals surface area contributed by atoms with Crippen molar-refractivity contribution in [2.24, 2.45) is 11.7 Å². The summed E-state index contributed by atoms with van der Waals surface area (Å²) in [5.74, 6) is 1.29. The van der Waals surface area contributed by atoms with Gasteiger partial charge in [0.2, 0.25) is 6.79 Å². The van der Waals surface area contributed by atoms with Gasteiger partial charge in [0.15, 0.2) is 11.5 Å². The predicted octanol–water partition coefficient (Wildman–Crippen LogP) is 2.90. The molecule has 1 atom stereocenters. The fourth-order valence-electron chi connectivity index (χ4n) is 3.12. The van der Waals surface area contributed by atoms with Crippen molar-refractivity contribution in [2.75, 3.05) is 6.79 Å². The quantitative estimate of drug-likeness (QED) is 0.678. The number of nitro groups is 1. The first kappa shape index (κ1) is 13.2. The first-order valence-corrected chi connectivity index (χ1v) is 7.00. The van der Waals surface area contributed by atoms with E-state index >= 15 is 0 Å². The third-order valence-electron chi connectivity index (χ3n) is 4.24. The van der Waals surface area contributed by atoms with Crippen LogP contribution in [-0.4, -0.2) is 11.7 Å². The fourth-order valence-corrected chi connectivity index (χ4v) is 3.12. The molecule has 0 saturated heterocycles. The van der Waals surface area contributed by atoms with E-state index in [1.165, 1.54) is 12.5 Å². The second-order valence-corrected chi connectivity index (χ2v) is 5.45. The van der Waals surface area contributed by atoms with Crippen molar-refractivity contribution in [3.63, 3.8) is 0 Å². The van der Waals surface area contributed by atoms with Gasteiger partial charge in [0.1, 0.15) is 0 Å². The largest absolute Gasteiger partial charge is 0.454 e. The molecule has 0 bridgehead atoms. The number of nitrogens with two attached hydrogens (primary N) is 1. The Bertz CT molecular complexity index is 526. The van der Waals surface area contributed by atoms with Crippen LogP contribution in [0.3, 0.4) is 0 Å². The van der Waals surface area contributed by atoms with Crippen molar-refractivity contribution in [1.29, 1.82) is 0 Å². The molecular formula is C14H18N2O4. The Morgan fingerprint density at radius 3 is 2.50 bits per heavy atom. The van der Waals surface area contributed by atoms with E-state index in [0.29, 0.717) is 23.0 Å². The maximum atomic E-state index is 11.3. The van der Waals surface area contributed by atoms with Crippen molar-refractivity contribution >= 4 is 5.69 Å². The summed E-state index contributed by atoms with van der Waals surface area (Å²) in [6.45, 7) is 0.106. The molecule has 2 N–H and O–H groups in total. The molecule has 2 aliphatic rings. The molecule has 0 aromatic heterocycles. The van der Waals surface area contributed by atoms with Gasteiger partial charge < -0.3 is 15.2 Å². The van der Waals surface area contributed by atoms with Crippen LogP contribution in [0.25, 0.3) is 0 Å². The van der Waals surface area contributed by atoms with E-state index in [1.54, 1.807) is 6.07 Å². The molecule has 1 aromatic carbocycles. The van der Waals surface area contributed by atoms with Crippen LogP contribution in [0.15, 0.2) is 12.1 Å². The lowest BCUT2D eigenvalue weighted by Crippen LogP contribution is -2.24. The van der Waals surface area contributed by atoms with Gasteiger partial charge in [-0.3, -0.25) is 10.1 Å². The number of benzene rings is 1. The Hall–Kier alpha value is -1.82. The van der Waals surface area contributed by atoms with Crippen LogP contribution in [0.2, 0.25) is 0 Å². The van der Waals surface area contributed by atoms with Crippen molar-refractivity contribution < 1.29 is 14.4 Å². The van der Waals surface area contributed by atoms with Gasteiger partial charge in [-0.05, 0) is 24.8 Å². The second kappa shape index (κ2) is 5.28. The lowest BCUT2D eigenvalue weighted by Gasteiger charge is -2.27. The molecule has 1 fully saturated rings. The standard InChI is InChI=1S/C14H18N2O4/c15-14(9-4-2-1-3-5-9)10-6-12-13(20-8-19-12)7-11(10)16(17)18/h6-7,9,14H,1-5,8,15H2/t14-/m0/s1. The van der Waals surface area contributed by atoms with Crippen molar-refractivity contribution in [3.8, 4) is 11.5 Å². The zero-order valence-corrected chi connectivity index (χ0v) is 11.2. The molecule has 1 saturated carbocycles. The molecule has 20 heavy (non-hydrogen) atoms. The lowest BCUT2D eigenvalue weighted by molar-refractivity contribution is -0.385. The van der Waals surface area contributed by atoms with Crippen LogP contribution in [0.1, 0.15) is 43.7 Å². The number of hydrogen-bond donors (Lipinski definition) is 1. The smallest absolute Gasteiger partial charge is 0.278 e. The molecule has 108 valence electrons. The maximum Gasteiger partial charge on any atom is 0.278 e. The van der Waals surface area contributed by atoms with Crippen molar-refractivity contribution in [1.82, 2.24) is 0 Å². The lowest BCUT2D eigenvalue weighted by atomic mass is 9.81. The highest BCUT2D eigenvalue weighted by Gasteiger charge is 2.30. The normalized spacial score (nSPS) is 19.9. The number of nitrogens with zero attached hydrogens (tertiary/aromatic N) is 1. The molecule has 0 amide bonds. The average molecular weight is 278 g/mol. The van der Waals surface area contributed by atoms with E-state index in [9.17, 15) is 10.1 Å². The van der Waals surface area contributed by atoms with E-state index < -0.39 is 0 Å². The van der Waals surface area contributed by atoms with E-state index in [4.69, 9.17) is 15.2 Å². The van der Waals surface area contributed by atoms with E-state index in [-0.39, 0.29) is 23.4 Å². The van der Waals surface area contributed by atoms with Crippen LogP contribution < -0.4 is 15.2 Å². The Balaban J connectivity index is 1.96. The molecule has 1 heterocycles. The van der Waals surface area contributed by atoms with Gasteiger partial charge in [0.25, 0.3) is 5.69 Å². The highest BCUT2D eigenvalue weighted by Crippen LogP contribution is 2.43. The molecule has 0 radical (unpaired) electrons. The van der Waals surface area contributed by atoms with Crippen LogP contribution in [0.5, 0.6) is 11.5 Å². The summed E-state index contributed by atoms with van der Waals surface area (Å²) < 4.78 is 10.5. The van der Waals surface area contributed by atoms with E-state index in [1.807, 2.05) is 0 Å². The third-order valence-corrected chi connectivity index (χ3v) is 4.24. The summed E-state index contributed by atoms with van der Waals surface area (Å²) >= 11 is 0. The number of rotatable bonds is 3. The number of nitro benzene ring substituents is 1. The molecule has 1 aliphatic heterocycles. The van der Waals surface area contributed by atoms with Crippen molar-refractivity contribution in [3.05, 3.63) is 27.8 Å². The fraction of sp³-hybridized carbons (Fsp3) is 0.571. The Morgan fingerprint density at radius 1 is 1.20 bits per heavy atom. The zero-order valence-electron chi connectivity index (χ0n) is 11.2. The van der Waals surface area contributed by atoms with Crippen LogP contribution >= 0.6 is 0 Å². The van der Waals surface area contributed by atoms with E-state index in [0.717, 1.165) is 25.7 Å². The molecule has 6 nitrogen and oxygen atoms in total. The van der Waals surface area contributed by atoms with Gasteiger partial charge in [0, 0.05) is 6.04 Å². The minimum Gasteiger partial charge on any atom is -0.454 e. The summed E-state index contributed by atoms with van der Waals surface area (Å²) in [5, 5.41) is 11.3. The number of hydrogen-bond acceptors (Lipinski definition) is 5. The molecule has 1 aromatic rings. The predicted molar refractivity (Wildman–Crippen MR) is 72.7 cm³/mol. The summed E-state index contributed by atoms with van der Waals surface area (Å²) in [5.41, 5.74) is 6.90. The second-order valence-electron chi connectivity index (χ2n) is 5.45. The molecule has 0 unspecified atom stereocenters. The number of fused-ring (bicyclic) bond motifs is 1. The Morgan fingerprint density at radius 2 is 1.85 bits per heavy atom. The SMILES string of the molecule is N[C@H](c1cc2c(cc1[N+](=O)[O-])OCO2)C1CCCCC1. The summed E-state index contributed by atoms with van der Waals surface area (Å²) in [6.07, 6.45) is 5.60. The van der Waals surface area contributed by atoms with Gasteiger partial charge in [0.05, 0.1) is 16.6 Å². The summed E-state index contributed by atoms with van der Waals surface area (Å²) in [6, 6.07) is 2.80. The monoisotopic (exact) mass is 278 g/mol. The molecule has 0 spiro atoms.